The molecule has 3 N–H and O–H groups in total. The van der Waals surface area contributed by atoms with Gasteiger partial charge in [0.2, 0.25) is 10.0 Å². The summed E-state index contributed by atoms with van der Waals surface area (Å²) < 4.78 is 31.1. The Morgan fingerprint density at radius 1 is 1.43 bits per heavy atom. The summed E-state index contributed by atoms with van der Waals surface area (Å²) in [6.07, 6.45) is 1.39. The van der Waals surface area contributed by atoms with Crippen molar-refractivity contribution in [2.75, 3.05) is 13.2 Å². The second kappa shape index (κ2) is 7.34. The Morgan fingerprint density at radius 3 is 2.67 bits per heavy atom. The third kappa shape index (κ3) is 4.96. The molecule has 0 saturated heterocycles. The minimum Gasteiger partial charge on any atom is -0.452 e. The number of hydrogen-bond acceptors (Lipinski definition) is 5. The molecule has 7 nitrogen and oxygen atoms in total. The van der Waals surface area contributed by atoms with Crippen LogP contribution in [0.25, 0.3) is 0 Å². The maximum absolute atomic E-state index is 11.9. The summed E-state index contributed by atoms with van der Waals surface area (Å²) in [7, 11) is -3.77. The van der Waals surface area contributed by atoms with Gasteiger partial charge in [0.25, 0.3) is 5.91 Å². The molecule has 0 radical (unpaired) electrons. The van der Waals surface area contributed by atoms with Crippen LogP contribution in [0.1, 0.15) is 10.4 Å². The number of amides is 1. The van der Waals surface area contributed by atoms with Crippen molar-refractivity contribution in [3.63, 3.8) is 0 Å². The lowest BCUT2D eigenvalue weighted by Crippen LogP contribution is -2.24. The Bertz CT molecular complexity index is 672. The second-order valence-electron chi connectivity index (χ2n) is 3.82. The number of sulfonamides is 1. The highest BCUT2D eigenvalue weighted by molar-refractivity contribution is 9.10. The first-order valence-electron chi connectivity index (χ1n) is 5.63. The van der Waals surface area contributed by atoms with Crippen molar-refractivity contribution >= 4 is 37.8 Å². The van der Waals surface area contributed by atoms with Crippen molar-refractivity contribution in [2.45, 2.75) is 4.90 Å². The number of rotatable bonds is 7. The quantitative estimate of drug-likeness (QED) is 0.532. The summed E-state index contributed by atoms with van der Waals surface area (Å²) in [4.78, 5) is 22.2. The lowest BCUT2D eigenvalue weighted by atomic mass is 10.2. The maximum atomic E-state index is 11.9. The van der Waals surface area contributed by atoms with E-state index in [-0.39, 0.29) is 17.0 Å². The number of benzene rings is 1. The van der Waals surface area contributed by atoms with Crippen molar-refractivity contribution in [1.82, 2.24) is 4.72 Å². The van der Waals surface area contributed by atoms with Gasteiger partial charge in [0, 0.05) is 11.0 Å². The first kappa shape index (κ1) is 17.3. The van der Waals surface area contributed by atoms with E-state index in [0.717, 1.165) is 6.07 Å². The van der Waals surface area contributed by atoms with Gasteiger partial charge in [-0.25, -0.2) is 17.9 Å². The van der Waals surface area contributed by atoms with Gasteiger partial charge in [0.05, 0.1) is 10.5 Å². The molecule has 0 aliphatic heterocycles. The molecular weight excluding hydrogens is 364 g/mol. The molecule has 21 heavy (non-hydrogen) atoms. The minimum absolute atomic E-state index is 0.0299. The molecule has 9 heteroatoms. The van der Waals surface area contributed by atoms with Crippen molar-refractivity contribution in [3.05, 3.63) is 40.9 Å². The van der Waals surface area contributed by atoms with E-state index in [1.54, 1.807) is 0 Å². The zero-order valence-electron chi connectivity index (χ0n) is 10.8. The zero-order valence-corrected chi connectivity index (χ0v) is 13.2. The highest BCUT2D eigenvalue weighted by Crippen LogP contribution is 2.21. The molecule has 1 amide bonds. The number of esters is 1. The summed E-state index contributed by atoms with van der Waals surface area (Å²) in [5.41, 5.74) is 4.84. The molecule has 114 valence electrons. The van der Waals surface area contributed by atoms with Crippen LogP contribution in [-0.4, -0.2) is 33.4 Å². The summed E-state index contributed by atoms with van der Waals surface area (Å²) in [6, 6.07) is 3.85. The number of carbonyl (C=O) groups excluding carboxylic acids is 2. The molecule has 0 aliphatic rings. The van der Waals surface area contributed by atoms with Crippen LogP contribution in [0.3, 0.4) is 0 Å². The van der Waals surface area contributed by atoms with E-state index in [0.29, 0.717) is 4.47 Å². The molecule has 0 bridgehead atoms. The normalized spacial score (nSPS) is 10.9. The van der Waals surface area contributed by atoms with E-state index >= 15 is 0 Å². The predicted molar refractivity (Wildman–Crippen MR) is 79.0 cm³/mol. The monoisotopic (exact) mass is 376 g/mol. The summed E-state index contributed by atoms with van der Waals surface area (Å²) in [5.74, 6) is -1.67. The van der Waals surface area contributed by atoms with Gasteiger partial charge in [-0.15, -0.1) is 6.58 Å². The predicted octanol–water partition coefficient (Wildman–Crippen LogP) is 0.556. The van der Waals surface area contributed by atoms with Crippen LogP contribution in [0.4, 0.5) is 0 Å². The van der Waals surface area contributed by atoms with Crippen molar-refractivity contribution in [1.29, 1.82) is 0 Å². The number of hydrogen-bond donors (Lipinski definition) is 2. The largest absolute Gasteiger partial charge is 0.452 e. The average Bonchev–Trinajstić information content (AvgIpc) is 2.42. The zero-order chi connectivity index (χ0) is 16.0. The van der Waals surface area contributed by atoms with Crippen LogP contribution in [0, 0.1) is 0 Å². The molecule has 0 heterocycles. The highest BCUT2D eigenvalue weighted by Gasteiger charge is 2.19. The van der Waals surface area contributed by atoms with Crippen LogP contribution < -0.4 is 10.5 Å². The lowest BCUT2D eigenvalue weighted by Gasteiger charge is -2.08. The lowest BCUT2D eigenvalue weighted by molar-refractivity contribution is -0.121. The molecule has 1 rings (SSSR count). The molecule has 1 aromatic rings. The number of carbonyl (C=O) groups is 2. The Balaban J connectivity index is 3.07. The number of ether oxygens (including phenoxy) is 1. The molecule has 0 atom stereocenters. The number of nitrogens with one attached hydrogen (secondary N) is 1. The first-order chi connectivity index (χ1) is 9.77. The van der Waals surface area contributed by atoms with Gasteiger partial charge in [0.15, 0.2) is 6.61 Å². The minimum atomic E-state index is -3.77. The van der Waals surface area contributed by atoms with E-state index in [1.165, 1.54) is 18.2 Å². The number of nitrogens with two attached hydrogens (primary N) is 1. The van der Waals surface area contributed by atoms with Gasteiger partial charge in [-0.2, -0.15) is 0 Å². The molecule has 1 aromatic carbocycles. The van der Waals surface area contributed by atoms with Gasteiger partial charge in [-0.1, -0.05) is 6.08 Å². The number of primary amides is 1. The van der Waals surface area contributed by atoms with E-state index in [1.807, 2.05) is 0 Å². The van der Waals surface area contributed by atoms with E-state index in [2.05, 4.69) is 32.0 Å². The van der Waals surface area contributed by atoms with Crippen LogP contribution in [0.2, 0.25) is 0 Å². The standard InChI is InChI=1S/C12H13BrN2O5S/c1-2-5-15-21(18,19)8-3-4-10(13)9(6-8)12(17)20-7-11(14)16/h2-4,6,15H,1,5,7H2,(H2,14,16). The van der Waals surface area contributed by atoms with Crippen LogP contribution in [-0.2, 0) is 19.6 Å². The summed E-state index contributed by atoms with van der Waals surface area (Å²) in [6.45, 7) is 2.87. The molecule has 0 aromatic heterocycles. The molecule has 0 fully saturated rings. The summed E-state index contributed by atoms with van der Waals surface area (Å²) >= 11 is 3.11. The molecule has 0 spiro atoms. The highest BCUT2D eigenvalue weighted by atomic mass is 79.9. The van der Waals surface area contributed by atoms with Gasteiger partial charge in [-0.05, 0) is 34.1 Å². The Labute approximate surface area is 130 Å². The number of halogens is 1. The van der Waals surface area contributed by atoms with Gasteiger partial charge >= 0.3 is 5.97 Å². The fraction of sp³-hybridized carbons (Fsp3) is 0.167. The van der Waals surface area contributed by atoms with Crippen LogP contribution in [0.5, 0.6) is 0 Å². The van der Waals surface area contributed by atoms with Crippen LogP contribution in [0.15, 0.2) is 40.2 Å². The fourth-order valence-electron chi connectivity index (χ4n) is 1.29. The molecule has 0 saturated carbocycles. The van der Waals surface area contributed by atoms with E-state index in [4.69, 9.17) is 5.73 Å². The van der Waals surface area contributed by atoms with Crippen molar-refractivity contribution in [2.24, 2.45) is 5.73 Å². The Kier molecular flexibility index (Phi) is 6.06. The van der Waals surface area contributed by atoms with Gasteiger partial charge in [-0.3, -0.25) is 4.79 Å². The Hall–Kier alpha value is -1.71. The van der Waals surface area contributed by atoms with E-state index in [9.17, 15) is 18.0 Å². The fourth-order valence-corrected chi connectivity index (χ4v) is 2.73. The Morgan fingerprint density at radius 2 is 2.10 bits per heavy atom. The molecular formula is C12H13BrN2O5S. The second-order valence-corrected chi connectivity index (χ2v) is 6.45. The SMILES string of the molecule is C=CCNS(=O)(=O)c1ccc(Br)c(C(=O)OCC(N)=O)c1. The first-order valence-corrected chi connectivity index (χ1v) is 7.91. The average molecular weight is 377 g/mol. The smallest absolute Gasteiger partial charge is 0.339 e. The molecule has 0 unspecified atom stereocenters. The summed E-state index contributed by atoms with van der Waals surface area (Å²) in [5, 5.41) is 0. The molecule has 0 aliphatic carbocycles. The topological polar surface area (TPSA) is 116 Å². The van der Waals surface area contributed by atoms with Crippen molar-refractivity contribution in [3.8, 4) is 0 Å². The maximum Gasteiger partial charge on any atom is 0.339 e. The van der Waals surface area contributed by atoms with Gasteiger partial charge < -0.3 is 10.5 Å². The van der Waals surface area contributed by atoms with Crippen molar-refractivity contribution < 1.29 is 22.7 Å². The van der Waals surface area contributed by atoms with Crippen LogP contribution >= 0.6 is 15.9 Å². The van der Waals surface area contributed by atoms with E-state index < -0.39 is 28.5 Å². The third-order valence-electron chi connectivity index (χ3n) is 2.23. The van der Waals surface area contributed by atoms with Gasteiger partial charge in [0.1, 0.15) is 0 Å². The third-order valence-corrected chi connectivity index (χ3v) is 4.34.